The van der Waals surface area contributed by atoms with E-state index in [-0.39, 0.29) is 48.5 Å². The third-order valence-electron chi connectivity index (χ3n) is 6.94. The molecule has 0 aromatic heterocycles. The standard InChI is InChI=1S/C30H33F2N5O5/c1-18-15-37(19(2)17-38)28(39)24-5-4-6-25(35-29(40)33-22-11-7-20(31)8-12-22)27(24)42-26(18)16-36(3)30(41)34-23-13-9-21(32)10-14-23/h4-14,18-19,26,38H,15-17H2,1-3H3,(H,34,41)(H2,33,35,40)/t18-,19-,26-/m1/s1. The average molecular weight is 582 g/mol. The number of carbonyl (C=O) groups excluding carboxylic acids is 3. The molecule has 0 bridgehead atoms. The van der Waals surface area contributed by atoms with Crippen LogP contribution in [0.4, 0.5) is 35.4 Å². The number of likely N-dealkylation sites (N-methyl/N-ethyl adjacent to an activating group) is 1. The molecule has 0 fully saturated rings. The van der Waals surface area contributed by atoms with Gasteiger partial charge < -0.3 is 35.6 Å². The maximum atomic E-state index is 13.6. The summed E-state index contributed by atoms with van der Waals surface area (Å²) in [5.74, 6) is -1.46. The van der Waals surface area contributed by atoms with Crippen molar-refractivity contribution in [3.63, 3.8) is 0 Å². The van der Waals surface area contributed by atoms with E-state index in [4.69, 9.17) is 4.74 Å². The highest BCUT2D eigenvalue weighted by Gasteiger charge is 2.35. The van der Waals surface area contributed by atoms with Crippen LogP contribution < -0.4 is 20.7 Å². The number of hydrogen-bond acceptors (Lipinski definition) is 5. The van der Waals surface area contributed by atoms with Crippen molar-refractivity contribution >= 4 is 35.0 Å². The van der Waals surface area contributed by atoms with Gasteiger partial charge in [-0.1, -0.05) is 13.0 Å². The van der Waals surface area contributed by atoms with E-state index < -0.39 is 35.8 Å². The fourth-order valence-electron chi connectivity index (χ4n) is 4.48. The third kappa shape index (κ3) is 7.32. The molecule has 3 atom stereocenters. The highest BCUT2D eigenvalue weighted by atomic mass is 19.1. The molecule has 4 rings (SSSR count). The molecule has 0 saturated heterocycles. The summed E-state index contributed by atoms with van der Waals surface area (Å²) in [6.45, 7) is 3.66. The second-order valence-electron chi connectivity index (χ2n) is 10.2. The second kappa shape index (κ2) is 13.3. The van der Waals surface area contributed by atoms with Crippen molar-refractivity contribution in [3.05, 3.63) is 83.9 Å². The molecule has 0 unspecified atom stereocenters. The molecular weight excluding hydrogens is 548 g/mol. The number of para-hydroxylation sites is 1. The van der Waals surface area contributed by atoms with E-state index in [9.17, 15) is 28.3 Å². The molecule has 12 heteroatoms. The van der Waals surface area contributed by atoms with Gasteiger partial charge in [0.1, 0.15) is 17.7 Å². The maximum absolute atomic E-state index is 13.6. The van der Waals surface area contributed by atoms with Crippen LogP contribution in [0.3, 0.4) is 0 Å². The topological polar surface area (TPSA) is 123 Å². The summed E-state index contributed by atoms with van der Waals surface area (Å²) in [5.41, 5.74) is 1.14. The zero-order chi connectivity index (χ0) is 30.4. The summed E-state index contributed by atoms with van der Waals surface area (Å²) in [4.78, 5) is 42.3. The Bertz CT molecular complexity index is 1420. The molecule has 3 aromatic rings. The van der Waals surface area contributed by atoms with Gasteiger partial charge in [-0.3, -0.25) is 4.79 Å². The molecule has 0 radical (unpaired) electrons. The minimum Gasteiger partial charge on any atom is -0.485 e. The van der Waals surface area contributed by atoms with Crippen LogP contribution in [0.2, 0.25) is 0 Å². The van der Waals surface area contributed by atoms with Gasteiger partial charge in [-0.15, -0.1) is 0 Å². The van der Waals surface area contributed by atoms with E-state index in [1.165, 1.54) is 53.4 Å². The number of nitrogens with zero attached hydrogens (tertiary/aromatic N) is 2. The monoisotopic (exact) mass is 581 g/mol. The van der Waals surface area contributed by atoms with E-state index >= 15 is 0 Å². The van der Waals surface area contributed by atoms with E-state index in [1.54, 1.807) is 37.1 Å². The largest absolute Gasteiger partial charge is 0.485 e. The molecule has 222 valence electrons. The molecular formula is C30H33F2N5O5. The fraction of sp³-hybridized carbons (Fsp3) is 0.300. The smallest absolute Gasteiger partial charge is 0.323 e. The van der Waals surface area contributed by atoms with E-state index in [1.807, 2.05) is 6.92 Å². The van der Waals surface area contributed by atoms with Crippen molar-refractivity contribution in [2.45, 2.75) is 26.0 Å². The lowest BCUT2D eigenvalue weighted by Gasteiger charge is -2.38. The van der Waals surface area contributed by atoms with E-state index in [2.05, 4.69) is 16.0 Å². The SMILES string of the molecule is C[C@@H]1CN([C@H](C)CO)C(=O)c2cccc(NC(=O)Nc3ccc(F)cc3)c2O[C@@H]1CN(C)C(=O)Nc1ccc(F)cc1. The Kier molecular flexibility index (Phi) is 9.58. The molecule has 1 aliphatic heterocycles. The van der Waals surface area contributed by atoms with Crippen molar-refractivity contribution < 1.29 is 33.0 Å². The van der Waals surface area contributed by atoms with Gasteiger partial charge in [0, 0.05) is 30.9 Å². The van der Waals surface area contributed by atoms with Gasteiger partial charge in [-0.2, -0.15) is 0 Å². The molecule has 3 aromatic carbocycles. The Morgan fingerprint density at radius 2 is 1.60 bits per heavy atom. The minimum atomic E-state index is -0.644. The number of halogens is 2. The zero-order valence-electron chi connectivity index (χ0n) is 23.4. The summed E-state index contributed by atoms with van der Waals surface area (Å²) in [6.07, 6.45) is -0.641. The Balaban J connectivity index is 1.61. The highest BCUT2D eigenvalue weighted by Crippen LogP contribution is 2.35. The lowest BCUT2D eigenvalue weighted by Crippen LogP contribution is -2.50. The zero-order valence-corrected chi connectivity index (χ0v) is 23.4. The summed E-state index contributed by atoms with van der Waals surface area (Å²) >= 11 is 0. The van der Waals surface area contributed by atoms with E-state index in [0.29, 0.717) is 11.4 Å². The number of amides is 5. The van der Waals surface area contributed by atoms with Crippen molar-refractivity contribution in [1.29, 1.82) is 0 Å². The number of ether oxygens (including phenoxy) is 1. The normalized spacial score (nSPS) is 17.2. The number of aliphatic hydroxyl groups is 1. The Labute approximate surface area is 242 Å². The van der Waals surface area contributed by atoms with Crippen LogP contribution in [0, 0.1) is 17.6 Å². The number of fused-ring (bicyclic) bond motifs is 1. The van der Waals surface area contributed by atoms with Crippen LogP contribution in [-0.2, 0) is 0 Å². The maximum Gasteiger partial charge on any atom is 0.323 e. The van der Waals surface area contributed by atoms with Gasteiger partial charge in [0.25, 0.3) is 5.91 Å². The predicted octanol–water partition coefficient (Wildman–Crippen LogP) is 4.99. The van der Waals surface area contributed by atoms with Crippen LogP contribution in [0.25, 0.3) is 0 Å². The molecule has 1 heterocycles. The van der Waals surface area contributed by atoms with Gasteiger partial charge in [-0.05, 0) is 67.6 Å². The molecule has 5 amide bonds. The quantitative estimate of drug-likeness (QED) is 0.313. The number of carbonyl (C=O) groups is 3. The minimum absolute atomic E-state index is 0.0965. The highest BCUT2D eigenvalue weighted by molar-refractivity contribution is 6.04. The molecule has 0 aliphatic carbocycles. The molecule has 0 saturated carbocycles. The molecule has 4 N–H and O–H groups in total. The third-order valence-corrected chi connectivity index (χ3v) is 6.94. The Morgan fingerprint density at radius 1 is 1.00 bits per heavy atom. The van der Waals surface area contributed by atoms with Gasteiger partial charge in [0.2, 0.25) is 0 Å². The van der Waals surface area contributed by atoms with Crippen molar-refractivity contribution in [2.24, 2.45) is 5.92 Å². The summed E-state index contributed by atoms with van der Waals surface area (Å²) < 4.78 is 32.9. The number of hydrogen-bond donors (Lipinski definition) is 4. The van der Waals surface area contributed by atoms with Crippen LogP contribution >= 0.6 is 0 Å². The lowest BCUT2D eigenvalue weighted by atomic mass is 9.99. The Hall–Kier alpha value is -4.71. The van der Waals surface area contributed by atoms with Crippen molar-refractivity contribution in [3.8, 4) is 5.75 Å². The van der Waals surface area contributed by atoms with Gasteiger partial charge in [0.05, 0.1) is 30.4 Å². The van der Waals surface area contributed by atoms with Crippen LogP contribution in [0.1, 0.15) is 24.2 Å². The number of aliphatic hydroxyl groups excluding tert-OH is 1. The molecule has 10 nitrogen and oxygen atoms in total. The van der Waals surface area contributed by atoms with Gasteiger partial charge in [0.15, 0.2) is 5.75 Å². The summed E-state index contributed by atoms with van der Waals surface area (Å²) in [7, 11) is 1.58. The predicted molar refractivity (Wildman–Crippen MR) is 155 cm³/mol. The van der Waals surface area contributed by atoms with Crippen LogP contribution in [0.15, 0.2) is 66.7 Å². The first-order chi connectivity index (χ1) is 20.0. The lowest BCUT2D eigenvalue weighted by molar-refractivity contribution is 0.0373. The molecule has 42 heavy (non-hydrogen) atoms. The number of benzene rings is 3. The Morgan fingerprint density at radius 3 is 2.19 bits per heavy atom. The number of urea groups is 2. The van der Waals surface area contributed by atoms with Crippen molar-refractivity contribution in [2.75, 3.05) is 42.7 Å². The first-order valence-corrected chi connectivity index (χ1v) is 13.4. The molecule has 1 aliphatic rings. The van der Waals surface area contributed by atoms with Gasteiger partial charge in [-0.25, -0.2) is 18.4 Å². The summed E-state index contributed by atoms with van der Waals surface area (Å²) in [6, 6.07) is 13.7. The van der Waals surface area contributed by atoms with Gasteiger partial charge >= 0.3 is 12.1 Å². The number of rotatable bonds is 7. The van der Waals surface area contributed by atoms with E-state index in [0.717, 1.165) is 0 Å². The van der Waals surface area contributed by atoms with Crippen molar-refractivity contribution in [1.82, 2.24) is 9.80 Å². The first kappa shape index (κ1) is 30.3. The summed E-state index contributed by atoms with van der Waals surface area (Å²) in [5, 5.41) is 17.9. The molecule has 0 spiro atoms. The number of nitrogens with one attached hydrogen (secondary N) is 3. The fourth-order valence-corrected chi connectivity index (χ4v) is 4.48. The number of anilines is 3. The average Bonchev–Trinajstić information content (AvgIpc) is 2.97. The first-order valence-electron chi connectivity index (χ1n) is 13.4. The second-order valence-corrected chi connectivity index (χ2v) is 10.2. The van der Waals surface area contributed by atoms with Crippen LogP contribution in [0.5, 0.6) is 5.75 Å². The van der Waals surface area contributed by atoms with Crippen LogP contribution in [-0.4, -0.2) is 71.8 Å².